The number of amides is 1. The number of hydrogen-bond donors (Lipinski definition) is 0. The molecule has 2 saturated carbocycles. The number of benzene rings is 1. The van der Waals surface area contributed by atoms with Crippen LogP contribution >= 0.6 is 0 Å². The average Bonchev–Trinajstić information content (AvgIpc) is 2.23. The van der Waals surface area contributed by atoms with Gasteiger partial charge in [0.2, 0.25) is 0 Å². The number of aryl methyl sites for hydroxylation is 1. The molecule has 0 N–H and O–H groups in total. The van der Waals surface area contributed by atoms with E-state index in [1.807, 2.05) is 36.1 Å². The Morgan fingerprint density at radius 3 is 2.47 bits per heavy atom. The van der Waals surface area contributed by atoms with Crippen LogP contribution in [-0.2, 0) is 0 Å². The van der Waals surface area contributed by atoms with E-state index in [0.717, 1.165) is 29.6 Å². The first-order valence-corrected chi connectivity index (χ1v) is 7.46. The van der Waals surface area contributed by atoms with E-state index < -0.39 is 0 Å². The molecule has 0 atom stereocenters. The number of carbonyl (C=O) groups excluding carboxylic acids is 1. The van der Waals surface area contributed by atoms with Crippen molar-refractivity contribution in [2.75, 3.05) is 13.1 Å². The Labute approximate surface area is 114 Å². The molecule has 3 aliphatic rings. The van der Waals surface area contributed by atoms with Crippen LogP contribution in [0.4, 0.5) is 0 Å². The van der Waals surface area contributed by atoms with Gasteiger partial charge in [0.15, 0.2) is 0 Å². The third-order valence-electron chi connectivity index (χ3n) is 5.52. The second-order valence-corrected chi connectivity index (χ2v) is 7.24. The van der Waals surface area contributed by atoms with Gasteiger partial charge in [-0.25, -0.2) is 0 Å². The Morgan fingerprint density at radius 1 is 1.16 bits per heavy atom. The minimum absolute atomic E-state index is 0.226. The van der Waals surface area contributed by atoms with Crippen LogP contribution < -0.4 is 0 Å². The molecule has 1 heterocycles. The summed E-state index contributed by atoms with van der Waals surface area (Å²) in [6.45, 7) is 4.05. The van der Waals surface area contributed by atoms with Gasteiger partial charge in [0.05, 0.1) is 0 Å². The third kappa shape index (κ3) is 1.65. The van der Waals surface area contributed by atoms with Gasteiger partial charge in [0.25, 0.3) is 5.91 Å². The quantitative estimate of drug-likeness (QED) is 0.753. The number of rotatable bonds is 1. The van der Waals surface area contributed by atoms with E-state index in [9.17, 15) is 4.79 Å². The zero-order chi connectivity index (χ0) is 13.1. The second kappa shape index (κ2) is 3.62. The van der Waals surface area contributed by atoms with Crippen molar-refractivity contribution in [3.8, 4) is 0 Å². The molecule has 1 aromatic carbocycles. The molecule has 1 amide bonds. The Hall–Kier alpha value is -1.31. The molecule has 3 fully saturated rings. The molecule has 2 heteroatoms. The van der Waals surface area contributed by atoms with Gasteiger partial charge in [-0.3, -0.25) is 4.79 Å². The lowest BCUT2D eigenvalue weighted by atomic mass is 9.43. The molecule has 4 rings (SSSR count). The summed E-state index contributed by atoms with van der Waals surface area (Å²) in [4.78, 5) is 14.4. The van der Waals surface area contributed by atoms with Crippen LogP contribution in [0, 0.1) is 17.8 Å². The molecule has 1 aromatic rings. The van der Waals surface area contributed by atoms with Gasteiger partial charge in [-0.15, -0.1) is 0 Å². The summed E-state index contributed by atoms with van der Waals surface area (Å²) in [5.74, 6) is 0.226. The highest BCUT2D eigenvalue weighted by molar-refractivity contribution is 5.95. The summed E-state index contributed by atoms with van der Waals surface area (Å²) >= 11 is 0. The van der Waals surface area contributed by atoms with Gasteiger partial charge in [0, 0.05) is 24.1 Å². The largest absolute Gasteiger partial charge is 0.337 e. The van der Waals surface area contributed by atoms with Crippen molar-refractivity contribution < 1.29 is 4.79 Å². The van der Waals surface area contributed by atoms with E-state index in [2.05, 4.69) is 0 Å². The van der Waals surface area contributed by atoms with E-state index in [1.165, 1.54) is 32.1 Å². The van der Waals surface area contributed by atoms with Crippen molar-refractivity contribution in [3.63, 3.8) is 0 Å². The fourth-order valence-corrected chi connectivity index (χ4v) is 4.66. The van der Waals surface area contributed by atoms with Crippen molar-refractivity contribution in [3.05, 3.63) is 35.4 Å². The molecule has 0 bridgehead atoms. The molecule has 0 radical (unpaired) electrons. The number of carbonyl (C=O) groups is 1. The third-order valence-corrected chi connectivity index (χ3v) is 5.52. The molecule has 2 aliphatic carbocycles. The number of hydrogen-bond acceptors (Lipinski definition) is 1. The predicted molar refractivity (Wildman–Crippen MR) is 75.0 cm³/mol. The minimum Gasteiger partial charge on any atom is -0.337 e. The summed E-state index contributed by atoms with van der Waals surface area (Å²) in [6, 6.07) is 7.96. The lowest BCUT2D eigenvalue weighted by molar-refractivity contribution is -0.161. The van der Waals surface area contributed by atoms with Gasteiger partial charge >= 0.3 is 0 Å². The van der Waals surface area contributed by atoms with E-state index >= 15 is 0 Å². The van der Waals surface area contributed by atoms with Gasteiger partial charge < -0.3 is 4.90 Å². The first kappa shape index (κ1) is 11.5. The zero-order valence-corrected chi connectivity index (χ0v) is 11.6. The average molecular weight is 255 g/mol. The van der Waals surface area contributed by atoms with Crippen LogP contribution in [0.1, 0.15) is 48.0 Å². The fraction of sp³-hybridized carbons (Fsp3) is 0.588. The van der Waals surface area contributed by atoms with Crippen LogP contribution in [0.5, 0.6) is 0 Å². The van der Waals surface area contributed by atoms with E-state index in [0.29, 0.717) is 5.41 Å². The number of nitrogens with zero attached hydrogens (tertiary/aromatic N) is 1. The predicted octanol–water partition coefficient (Wildman–Crippen LogP) is 3.40. The van der Waals surface area contributed by atoms with Gasteiger partial charge in [-0.1, -0.05) is 24.1 Å². The molecule has 0 unspecified atom stereocenters. The highest BCUT2D eigenvalue weighted by Crippen LogP contribution is 2.67. The first-order chi connectivity index (χ1) is 9.10. The SMILES string of the molecule is Cc1cccc(C(=O)N2CC3(C2)CC2(CCC2)C3)c1. The van der Waals surface area contributed by atoms with Crippen LogP contribution in [0.3, 0.4) is 0 Å². The Kier molecular flexibility index (Phi) is 2.19. The van der Waals surface area contributed by atoms with Gasteiger partial charge in [-0.05, 0) is 50.2 Å². The maximum atomic E-state index is 12.4. The summed E-state index contributed by atoms with van der Waals surface area (Å²) in [7, 11) is 0. The van der Waals surface area contributed by atoms with Gasteiger partial charge in [0.1, 0.15) is 0 Å². The summed E-state index contributed by atoms with van der Waals surface area (Å²) in [5.41, 5.74) is 3.25. The Bertz CT molecular complexity index is 528. The maximum absolute atomic E-state index is 12.4. The van der Waals surface area contributed by atoms with Crippen molar-refractivity contribution in [2.45, 2.75) is 39.0 Å². The van der Waals surface area contributed by atoms with Gasteiger partial charge in [-0.2, -0.15) is 0 Å². The van der Waals surface area contributed by atoms with E-state index in [4.69, 9.17) is 0 Å². The number of likely N-dealkylation sites (tertiary alicyclic amines) is 1. The zero-order valence-electron chi connectivity index (χ0n) is 11.6. The smallest absolute Gasteiger partial charge is 0.253 e. The van der Waals surface area contributed by atoms with E-state index in [1.54, 1.807) is 0 Å². The molecule has 1 saturated heterocycles. The Balaban J connectivity index is 1.40. The fourth-order valence-electron chi connectivity index (χ4n) is 4.66. The molecule has 19 heavy (non-hydrogen) atoms. The van der Waals surface area contributed by atoms with E-state index in [-0.39, 0.29) is 5.91 Å². The van der Waals surface area contributed by atoms with Crippen LogP contribution in [-0.4, -0.2) is 23.9 Å². The lowest BCUT2D eigenvalue weighted by Gasteiger charge is -2.67. The molecule has 2 spiro atoms. The van der Waals surface area contributed by atoms with Crippen molar-refractivity contribution in [2.24, 2.45) is 10.8 Å². The lowest BCUT2D eigenvalue weighted by Crippen LogP contribution is -2.67. The summed E-state index contributed by atoms with van der Waals surface area (Å²) in [6.07, 6.45) is 7.10. The maximum Gasteiger partial charge on any atom is 0.253 e. The molecule has 2 nitrogen and oxygen atoms in total. The van der Waals surface area contributed by atoms with Crippen molar-refractivity contribution >= 4 is 5.91 Å². The van der Waals surface area contributed by atoms with Crippen molar-refractivity contribution in [1.82, 2.24) is 4.90 Å². The first-order valence-electron chi connectivity index (χ1n) is 7.46. The normalized spacial score (nSPS) is 25.6. The highest BCUT2D eigenvalue weighted by atomic mass is 16.2. The van der Waals surface area contributed by atoms with Crippen molar-refractivity contribution in [1.29, 1.82) is 0 Å². The standard InChI is InChI=1S/C17H21NO/c1-13-4-2-5-14(8-13)15(19)18-11-17(12-18)9-16(10-17)6-3-7-16/h2,4-5,8H,3,6-7,9-12H2,1H3. The van der Waals surface area contributed by atoms with Crippen LogP contribution in [0.15, 0.2) is 24.3 Å². The molecular formula is C17H21NO. The second-order valence-electron chi connectivity index (χ2n) is 7.24. The minimum atomic E-state index is 0.226. The summed E-state index contributed by atoms with van der Waals surface area (Å²) < 4.78 is 0. The molecule has 1 aliphatic heterocycles. The highest BCUT2D eigenvalue weighted by Gasteiger charge is 2.62. The molecule has 100 valence electrons. The van der Waals surface area contributed by atoms with Crippen LogP contribution in [0.25, 0.3) is 0 Å². The monoisotopic (exact) mass is 255 g/mol. The topological polar surface area (TPSA) is 20.3 Å². The molecule has 0 aromatic heterocycles. The molecular weight excluding hydrogens is 234 g/mol. The summed E-state index contributed by atoms with van der Waals surface area (Å²) in [5, 5.41) is 0. The Morgan fingerprint density at radius 2 is 1.89 bits per heavy atom. The van der Waals surface area contributed by atoms with Crippen LogP contribution in [0.2, 0.25) is 0 Å².